The zero-order chi connectivity index (χ0) is 20.6. The van der Waals surface area contributed by atoms with Gasteiger partial charge in [0.25, 0.3) is 0 Å². The number of fused-ring (bicyclic) bond motifs is 1. The number of sulfone groups is 1. The van der Waals surface area contributed by atoms with Gasteiger partial charge in [0.15, 0.2) is 21.5 Å². The molecule has 0 aromatic carbocycles. The minimum absolute atomic E-state index is 0.138. The third kappa shape index (κ3) is 3.09. The molecule has 0 N–H and O–H groups in total. The van der Waals surface area contributed by atoms with E-state index < -0.39 is 31.9 Å². The fraction of sp³-hybridized carbons (Fsp3) is 0.588. The Balaban J connectivity index is 2.07. The maximum absolute atomic E-state index is 13.0. The lowest BCUT2D eigenvalue weighted by molar-refractivity contribution is 0.0423. The molecule has 3 rings (SSSR count). The number of amides is 1. The van der Waals surface area contributed by atoms with Gasteiger partial charge in [0, 0.05) is 0 Å². The highest BCUT2D eigenvalue weighted by Gasteiger charge is 2.73. The summed E-state index contributed by atoms with van der Waals surface area (Å²) in [7, 11) is -3.76. The van der Waals surface area contributed by atoms with E-state index in [1.54, 1.807) is 27.7 Å². The van der Waals surface area contributed by atoms with Gasteiger partial charge in [0.1, 0.15) is 11.1 Å². The van der Waals surface area contributed by atoms with Gasteiger partial charge >= 0.3 is 6.09 Å². The van der Waals surface area contributed by atoms with Crippen LogP contribution in [-0.4, -0.2) is 47.3 Å². The van der Waals surface area contributed by atoms with Gasteiger partial charge in [-0.15, -0.1) is 11.3 Å². The lowest BCUT2D eigenvalue weighted by Gasteiger charge is -2.28. The van der Waals surface area contributed by atoms with Gasteiger partial charge in [-0.25, -0.2) is 18.1 Å². The second-order valence-corrected chi connectivity index (χ2v) is 11.9. The second kappa shape index (κ2) is 5.78. The van der Waals surface area contributed by atoms with E-state index in [1.165, 1.54) is 19.9 Å². The summed E-state index contributed by atoms with van der Waals surface area (Å²) < 4.78 is 31.4. The first kappa shape index (κ1) is 20.3. The Morgan fingerprint density at radius 3 is 2.41 bits per heavy atom. The van der Waals surface area contributed by atoms with E-state index in [2.05, 4.69) is 4.99 Å². The first-order valence-corrected chi connectivity index (χ1v) is 11.1. The van der Waals surface area contributed by atoms with Crippen LogP contribution < -0.4 is 0 Å². The average molecular weight is 433 g/mol. The van der Waals surface area contributed by atoms with Crippen LogP contribution in [-0.2, 0) is 20.1 Å². The third-order valence-electron chi connectivity index (χ3n) is 4.53. The minimum atomic E-state index is -3.76. The number of thiophene rings is 1. The van der Waals surface area contributed by atoms with Gasteiger partial charge in [-0.1, -0.05) is 11.6 Å². The van der Waals surface area contributed by atoms with E-state index in [0.29, 0.717) is 14.8 Å². The van der Waals surface area contributed by atoms with Crippen molar-refractivity contribution in [2.75, 3.05) is 5.75 Å². The number of halogens is 1. The standard InChI is InChI=1S/C17H21ClN2O5S2/c1-9(21)11-7-10(18)12(26-11)16(5)8-27(23,24)17(6)13(19-16)20(17)14(22)25-15(2,3)4/h7H,8H2,1-6H3. The van der Waals surface area contributed by atoms with E-state index in [4.69, 9.17) is 16.3 Å². The van der Waals surface area contributed by atoms with E-state index in [0.717, 1.165) is 16.2 Å². The maximum Gasteiger partial charge on any atom is 0.417 e. The van der Waals surface area contributed by atoms with Crippen LogP contribution in [0.4, 0.5) is 4.79 Å². The quantitative estimate of drug-likeness (QED) is 0.525. The molecule has 2 aliphatic heterocycles. The summed E-state index contributed by atoms with van der Waals surface area (Å²) in [5, 5.41) is 0.292. The Morgan fingerprint density at radius 2 is 1.93 bits per heavy atom. The largest absolute Gasteiger partial charge is 0.443 e. The molecule has 0 saturated carbocycles. The highest BCUT2D eigenvalue weighted by molar-refractivity contribution is 7.94. The lowest BCUT2D eigenvalue weighted by Crippen LogP contribution is -2.41. The Labute approximate surface area is 167 Å². The summed E-state index contributed by atoms with van der Waals surface area (Å²) >= 11 is 7.40. The van der Waals surface area contributed by atoms with Crippen molar-refractivity contribution in [3.63, 3.8) is 0 Å². The van der Waals surface area contributed by atoms with Crippen molar-refractivity contribution < 1.29 is 22.7 Å². The summed E-state index contributed by atoms with van der Waals surface area (Å²) in [5.74, 6) is -0.342. The molecule has 0 aliphatic carbocycles. The molecule has 10 heteroatoms. The number of hydrogen-bond donors (Lipinski definition) is 0. The lowest BCUT2D eigenvalue weighted by atomic mass is 10.0. The van der Waals surface area contributed by atoms with Crippen LogP contribution in [0.15, 0.2) is 11.1 Å². The first-order valence-electron chi connectivity index (χ1n) is 8.29. The normalized spacial score (nSPS) is 29.0. The second-order valence-electron chi connectivity index (χ2n) is 8.11. The van der Waals surface area contributed by atoms with Crippen molar-refractivity contribution in [2.45, 2.75) is 57.6 Å². The van der Waals surface area contributed by atoms with Crippen molar-refractivity contribution in [1.29, 1.82) is 0 Å². The fourth-order valence-corrected chi connectivity index (χ4v) is 6.76. The average Bonchev–Trinajstić information content (AvgIpc) is 2.86. The highest BCUT2D eigenvalue weighted by atomic mass is 35.5. The van der Waals surface area contributed by atoms with Crippen molar-refractivity contribution in [3.05, 3.63) is 20.8 Å². The number of amidine groups is 1. The van der Waals surface area contributed by atoms with Crippen molar-refractivity contribution in [3.8, 4) is 0 Å². The number of Topliss-reactive ketones (excluding diaryl/α,β-unsaturated/α-hetero) is 1. The number of rotatable bonds is 2. The monoisotopic (exact) mass is 432 g/mol. The molecule has 2 atom stereocenters. The maximum atomic E-state index is 13.0. The van der Waals surface area contributed by atoms with Crippen LogP contribution in [0.25, 0.3) is 0 Å². The molecule has 1 aromatic rings. The SMILES string of the molecule is CC(=O)c1cc(Cl)c(C2(C)CS(=O)(=O)C3(C)C(=N2)N3C(=O)OC(C)(C)C)s1. The summed E-state index contributed by atoms with van der Waals surface area (Å²) in [4.78, 5) is 29.2. The Kier molecular flexibility index (Phi) is 4.34. The molecular weight excluding hydrogens is 412 g/mol. The Hall–Kier alpha value is -1.45. The molecule has 0 bridgehead atoms. The molecule has 1 saturated heterocycles. The predicted molar refractivity (Wildman–Crippen MR) is 104 cm³/mol. The molecule has 3 heterocycles. The molecular formula is C17H21ClN2O5S2. The van der Waals surface area contributed by atoms with Crippen LogP contribution in [0.2, 0.25) is 5.02 Å². The summed E-state index contributed by atoms with van der Waals surface area (Å²) in [5.41, 5.74) is -1.94. The van der Waals surface area contributed by atoms with Crippen molar-refractivity contribution >= 4 is 50.5 Å². The molecule has 1 amide bonds. The number of aliphatic imine (C=N–C) groups is 1. The van der Waals surface area contributed by atoms with E-state index in [9.17, 15) is 18.0 Å². The Bertz CT molecular complexity index is 991. The minimum Gasteiger partial charge on any atom is -0.443 e. The van der Waals surface area contributed by atoms with Crippen molar-refractivity contribution in [1.82, 2.24) is 4.90 Å². The molecule has 2 aliphatic rings. The van der Waals surface area contributed by atoms with E-state index in [1.807, 2.05) is 0 Å². The van der Waals surface area contributed by atoms with Crippen molar-refractivity contribution in [2.24, 2.45) is 4.99 Å². The molecule has 1 aromatic heterocycles. The zero-order valence-corrected chi connectivity index (χ0v) is 18.3. The number of carbonyl (C=O) groups excluding carboxylic acids is 2. The van der Waals surface area contributed by atoms with Gasteiger partial charge in [-0.3, -0.25) is 9.79 Å². The van der Waals surface area contributed by atoms with Gasteiger partial charge in [0.05, 0.1) is 20.5 Å². The predicted octanol–water partition coefficient (Wildman–Crippen LogP) is 3.61. The van der Waals surface area contributed by atoms with E-state index >= 15 is 0 Å². The molecule has 0 radical (unpaired) electrons. The zero-order valence-electron chi connectivity index (χ0n) is 15.9. The van der Waals surface area contributed by atoms with Gasteiger partial charge in [0.2, 0.25) is 4.87 Å². The van der Waals surface area contributed by atoms with Gasteiger partial charge in [-0.2, -0.15) is 0 Å². The molecule has 1 fully saturated rings. The topological polar surface area (TPSA) is 92.9 Å². The summed E-state index contributed by atoms with van der Waals surface area (Å²) in [6, 6.07) is 1.52. The smallest absolute Gasteiger partial charge is 0.417 e. The molecule has 148 valence electrons. The summed E-state index contributed by atoms with van der Waals surface area (Å²) in [6.45, 7) is 9.62. The number of ether oxygens (including phenoxy) is 1. The molecule has 7 nitrogen and oxygen atoms in total. The van der Waals surface area contributed by atoms with Crippen LogP contribution >= 0.6 is 22.9 Å². The summed E-state index contributed by atoms with van der Waals surface area (Å²) in [6.07, 6.45) is -0.752. The molecule has 27 heavy (non-hydrogen) atoms. The molecule has 0 spiro atoms. The number of nitrogens with zero attached hydrogens (tertiary/aromatic N) is 2. The van der Waals surface area contributed by atoms with Gasteiger partial charge < -0.3 is 4.74 Å². The first-order chi connectivity index (χ1) is 12.1. The fourth-order valence-electron chi connectivity index (χ4n) is 3.11. The van der Waals surface area contributed by atoms with E-state index in [-0.39, 0.29) is 17.4 Å². The van der Waals surface area contributed by atoms with Crippen LogP contribution in [0.3, 0.4) is 0 Å². The molecule has 2 unspecified atom stereocenters. The van der Waals surface area contributed by atoms with Crippen LogP contribution in [0, 0.1) is 0 Å². The van der Waals surface area contributed by atoms with Crippen LogP contribution in [0.1, 0.15) is 56.1 Å². The highest BCUT2D eigenvalue weighted by Crippen LogP contribution is 2.52. The number of ketones is 1. The number of hydrogen-bond acceptors (Lipinski definition) is 7. The van der Waals surface area contributed by atoms with Crippen LogP contribution in [0.5, 0.6) is 0 Å². The number of carbonyl (C=O) groups is 2. The third-order valence-corrected chi connectivity index (χ3v) is 8.95. The van der Waals surface area contributed by atoms with Gasteiger partial charge in [-0.05, 0) is 47.6 Å². The Morgan fingerprint density at radius 1 is 1.33 bits per heavy atom.